The van der Waals surface area contributed by atoms with E-state index in [0.717, 1.165) is 16.9 Å². The zero-order valence-corrected chi connectivity index (χ0v) is 15.1. The molecular weight excluding hydrogens is 268 g/mol. The number of rotatable bonds is 1. The van der Waals surface area contributed by atoms with Crippen molar-refractivity contribution in [1.29, 1.82) is 0 Å². The fourth-order valence-electron chi connectivity index (χ4n) is 1.91. The highest BCUT2D eigenvalue weighted by atomic mass is 16.3. The van der Waals surface area contributed by atoms with Crippen LogP contribution in [0.4, 0.5) is 0 Å². The molecule has 1 heteroatoms. The standard InChI is InChI=1S/C15H12O.3C2H6/c1-11-7-8-14-13(9-11)10-15(16-14)12-5-3-2-4-6-12;3*1-2/h2-10H,1H3;3*1-2H3. The van der Waals surface area contributed by atoms with Gasteiger partial charge in [-0.2, -0.15) is 0 Å². The van der Waals surface area contributed by atoms with Gasteiger partial charge in [-0.3, -0.25) is 0 Å². The van der Waals surface area contributed by atoms with Gasteiger partial charge in [0.15, 0.2) is 0 Å². The molecule has 0 aliphatic carbocycles. The van der Waals surface area contributed by atoms with Crippen molar-refractivity contribution in [3.63, 3.8) is 0 Å². The first-order valence-electron chi connectivity index (χ1n) is 8.38. The van der Waals surface area contributed by atoms with Gasteiger partial charge in [-0.15, -0.1) is 0 Å². The predicted octanol–water partition coefficient (Wildman–Crippen LogP) is 7.49. The van der Waals surface area contributed by atoms with E-state index in [-0.39, 0.29) is 0 Å². The zero-order chi connectivity index (χ0) is 17.0. The largest absolute Gasteiger partial charge is 0.456 e. The van der Waals surface area contributed by atoms with Gasteiger partial charge >= 0.3 is 0 Å². The van der Waals surface area contributed by atoms with E-state index in [4.69, 9.17) is 4.42 Å². The molecule has 2 aromatic carbocycles. The molecule has 1 heterocycles. The summed E-state index contributed by atoms with van der Waals surface area (Å²) in [6, 6.07) is 18.5. The molecule has 0 bridgehead atoms. The highest BCUT2D eigenvalue weighted by Crippen LogP contribution is 2.27. The molecule has 120 valence electrons. The monoisotopic (exact) mass is 298 g/mol. The summed E-state index contributed by atoms with van der Waals surface area (Å²) in [7, 11) is 0. The van der Waals surface area contributed by atoms with Gasteiger partial charge in [0.2, 0.25) is 0 Å². The average Bonchev–Trinajstić information content (AvgIpc) is 3.04. The van der Waals surface area contributed by atoms with Crippen molar-refractivity contribution in [2.24, 2.45) is 0 Å². The SMILES string of the molecule is CC.CC.CC.Cc1ccc2oc(-c3ccccc3)cc2c1. The van der Waals surface area contributed by atoms with Gasteiger partial charge in [0.05, 0.1) is 0 Å². The smallest absolute Gasteiger partial charge is 0.135 e. The van der Waals surface area contributed by atoms with Crippen LogP contribution < -0.4 is 0 Å². The van der Waals surface area contributed by atoms with Gasteiger partial charge in [0.1, 0.15) is 11.3 Å². The van der Waals surface area contributed by atoms with Gasteiger partial charge in [-0.25, -0.2) is 0 Å². The molecule has 0 atom stereocenters. The third-order valence-corrected chi connectivity index (χ3v) is 2.73. The Kier molecular flexibility index (Phi) is 10.6. The minimum Gasteiger partial charge on any atom is -0.456 e. The molecule has 0 aliphatic heterocycles. The highest BCUT2D eigenvalue weighted by molar-refractivity contribution is 5.83. The number of hydrogen-bond donors (Lipinski definition) is 0. The maximum absolute atomic E-state index is 5.81. The van der Waals surface area contributed by atoms with Crippen LogP contribution in [-0.4, -0.2) is 0 Å². The Morgan fingerprint density at radius 1 is 0.682 bits per heavy atom. The molecule has 0 spiro atoms. The van der Waals surface area contributed by atoms with Gasteiger partial charge in [-0.1, -0.05) is 83.5 Å². The zero-order valence-electron chi connectivity index (χ0n) is 15.1. The Morgan fingerprint density at radius 3 is 1.86 bits per heavy atom. The normalized spacial score (nSPS) is 8.68. The lowest BCUT2D eigenvalue weighted by Crippen LogP contribution is -1.69. The van der Waals surface area contributed by atoms with Crippen molar-refractivity contribution in [2.45, 2.75) is 48.5 Å². The molecule has 0 saturated carbocycles. The maximum Gasteiger partial charge on any atom is 0.135 e. The van der Waals surface area contributed by atoms with Crippen LogP contribution >= 0.6 is 0 Å². The summed E-state index contributed by atoms with van der Waals surface area (Å²) < 4.78 is 5.81. The number of furan rings is 1. The predicted molar refractivity (Wildman–Crippen MR) is 100 cm³/mol. The van der Waals surface area contributed by atoms with Crippen molar-refractivity contribution >= 4 is 11.0 Å². The van der Waals surface area contributed by atoms with E-state index < -0.39 is 0 Å². The topological polar surface area (TPSA) is 13.1 Å². The Morgan fingerprint density at radius 2 is 1.27 bits per heavy atom. The number of benzene rings is 2. The summed E-state index contributed by atoms with van der Waals surface area (Å²) >= 11 is 0. The van der Waals surface area contributed by atoms with E-state index in [1.165, 1.54) is 10.9 Å². The molecule has 1 nitrogen and oxygen atoms in total. The lowest BCUT2D eigenvalue weighted by molar-refractivity contribution is 0.631. The quantitative estimate of drug-likeness (QED) is 0.453. The average molecular weight is 298 g/mol. The second-order valence-electron chi connectivity index (χ2n) is 4.02. The second kappa shape index (κ2) is 11.6. The van der Waals surface area contributed by atoms with Crippen LogP contribution in [0, 0.1) is 6.92 Å². The van der Waals surface area contributed by atoms with Crippen molar-refractivity contribution in [1.82, 2.24) is 0 Å². The minimum absolute atomic E-state index is 0.932. The van der Waals surface area contributed by atoms with Crippen LogP contribution in [0.1, 0.15) is 47.1 Å². The lowest BCUT2D eigenvalue weighted by Gasteiger charge is -1.93. The van der Waals surface area contributed by atoms with Crippen molar-refractivity contribution in [3.8, 4) is 11.3 Å². The maximum atomic E-state index is 5.81. The highest BCUT2D eigenvalue weighted by Gasteiger charge is 2.05. The molecule has 1 aromatic heterocycles. The van der Waals surface area contributed by atoms with Gasteiger partial charge < -0.3 is 4.42 Å². The summed E-state index contributed by atoms with van der Waals surface area (Å²) in [4.78, 5) is 0. The van der Waals surface area contributed by atoms with Crippen LogP contribution in [0.25, 0.3) is 22.3 Å². The molecule has 0 amide bonds. The first-order chi connectivity index (χ1) is 10.8. The molecule has 22 heavy (non-hydrogen) atoms. The van der Waals surface area contributed by atoms with Crippen molar-refractivity contribution in [2.75, 3.05) is 0 Å². The molecule has 0 unspecified atom stereocenters. The summed E-state index contributed by atoms with van der Waals surface area (Å²) in [6.45, 7) is 14.1. The number of hydrogen-bond acceptors (Lipinski definition) is 1. The summed E-state index contributed by atoms with van der Waals surface area (Å²) in [5.74, 6) is 0.932. The molecule has 0 saturated heterocycles. The third-order valence-electron chi connectivity index (χ3n) is 2.73. The Hall–Kier alpha value is -2.02. The Balaban J connectivity index is 0.000000661. The van der Waals surface area contributed by atoms with E-state index in [2.05, 4.69) is 37.3 Å². The van der Waals surface area contributed by atoms with E-state index >= 15 is 0 Å². The van der Waals surface area contributed by atoms with E-state index in [9.17, 15) is 0 Å². The van der Waals surface area contributed by atoms with E-state index in [1.807, 2.05) is 65.8 Å². The van der Waals surface area contributed by atoms with Crippen molar-refractivity contribution in [3.05, 3.63) is 60.2 Å². The van der Waals surface area contributed by atoms with Crippen molar-refractivity contribution < 1.29 is 4.42 Å². The summed E-state index contributed by atoms with van der Waals surface area (Å²) in [5.41, 5.74) is 3.33. The number of aryl methyl sites for hydroxylation is 1. The van der Waals surface area contributed by atoms with Crippen LogP contribution in [-0.2, 0) is 0 Å². The van der Waals surface area contributed by atoms with Crippen LogP contribution in [0.2, 0.25) is 0 Å². The first kappa shape index (κ1) is 20.0. The molecule has 3 aromatic rings. The molecule has 0 aliphatic rings. The van der Waals surface area contributed by atoms with Gasteiger partial charge in [0, 0.05) is 10.9 Å². The van der Waals surface area contributed by atoms with Gasteiger partial charge in [-0.05, 0) is 25.1 Å². The van der Waals surface area contributed by atoms with Crippen LogP contribution in [0.5, 0.6) is 0 Å². The fraction of sp³-hybridized carbons (Fsp3) is 0.333. The molecule has 3 rings (SSSR count). The summed E-state index contributed by atoms with van der Waals surface area (Å²) in [5, 5.41) is 1.17. The minimum atomic E-state index is 0.932. The second-order valence-corrected chi connectivity index (χ2v) is 4.02. The lowest BCUT2D eigenvalue weighted by atomic mass is 10.1. The molecule has 0 radical (unpaired) electrons. The Bertz CT molecular complexity index is 621. The first-order valence-corrected chi connectivity index (χ1v) is 8.38. The van der Waals surface area contributed by atoms with Crippen LogP contribution in [0.3, 0.4) is 0 Å². The molecule has 0 N–H and O–H groups in total. The van der Waals surface area contributed by atoms with E-state index in [0.29, 0.717) is 0 Å². The Labute approximate surface area is 136 Å². The molecular formula is C21H30O. The van der Waals surface area contributed by atoms with Gasteiger partial charge in [0.25, 0.3) is 0 Å². The fourth-order valence-corrected chi connectivity index (χ4v) is 1.91. The third kappa shape index (κ3) is 5.40. The summed E-state index contributed by atoms with van der Waals surface area (Å²) in [6.07, 6.45) is 0. The van der Waals surface area contributed by atoms with E-state index in [1.54, 1.807) is 0 Å². The molecule has 0 fully saturated rings. The number of fused-ring (bicyclic) bond motifs is 1. The van der Waals surface area contributed by atoms with Crippen LogP contribution in [0.15, 0.2) is 59.0 Å².